The number of rotatable bonds is 3. The largest absolute Gasteiger partial charge is 0.490 e. The van der Waals surface area contributed by atoms with E-state index in [1.807, 2.05) is 0 Å². The zero-order valence-corrected chi connectivity index (χ0v) is 9.05. The zero-order valence-electron chi connectivity index (χ0n) is 7.46. The monoisotopic (exact) mass is 260 g/mol. The van der Waals surface area contributed by atoms with Crippen molar-refractivity contribution in [1.82, 2.24) is 10.3 Å². The number of pyridine rings is 1. The van der Waals surface area contributed by atoms with Gasteiger partial charge in [-0.05, 0) is 28.9 Å². The smallest absolute Gasteiger partial charge is 0.227 e. The summed E-state index contributed by atoms with van der Waals surface area (Å²) in [5.74, 6) is 0.0751. The summed E-state index contributed by atoms with van der Waals surface area (Å²) in [5.41, 5.74) is 0. The lowest BCUT2D eigenvalue weighted by Gasteiger charge is -2.27. The quantitative estimate of drug-likeness (QED) is 0.841. The maximum absolute atomic E-state index is 12.7. The van der Waals surface area contributed by atoms with Gasteiger partial charge in [-0.25, -0.2) is 4.98 Å². The molecule has 3 nitrogen and oxygen atoms in total. The predicted octanol–water partition coefficient (Wildman–Crippen LogP) is 1.72. The molecule has 5 heteroatoms. The summed E-state index contributed by atoms with van der Waals surface area (Å²) in [7, 11) is 0. The molecular formula is C9H10BrFN2O. The van der Waals surface area contributed by atoms with Gasteiger partial charge in [-0.3, -0.25) is 0 Å². The molecule has 1 aliphatic heterocycles. The van der Waals surface area contributed by atoms with E-state index in [2.05, 4.69) is 26.2 Å². The highest BCUT2D eigenvalue weighted by Gasteiger charge is 2.16. The first-order chi connectivity index (χ1) is 6.75. The highest BCUT2D eigenvalue weighted by molar-refractivity contribution is 9.10. The molecule has 0 radical (unpaired) electrons. The molecule has 1 aromatic heterocycles. The van der Waals surface area contributed by atoms with E-state index < -0.39 is 5.95 Å². The SMILES string of the molecule is Fc1ncc(OC[C@H]2CCN2)cc1Br. The summed E-state index contributed by atoms with van der Waals surface area (Å²) in [6.45, 7) is 1.67. The van der Waals surface area contributed by atoms with Crippen molar-refractivity contribution in [2.24, 2.45) is 0 Å². The van der Waals surface area contributed by atoms with Crippen molar-refractivity contribution in [2.45, 2.75) is 12.5 Å². The van der Waals surface area contributed by atoms with Crippen LogP contribution in [-0.2, 0) is 0 Å². The Morgan fingerprint density at radius 3 is 3.07 bits per heavy atom. The Morgan fingerprint density at radius 1 is 1.71 bits per heavy atom. The van der Waals surface area contributed by atoms with E-state index in [1.165, 1.54) is 6.20 Å². The molecular weight excluding hydrogens is 251 g/mol. The average Bonchev–Trinajstić information content (AvgIpc) is 2.08. The Morgan fingerprint density at radius 2 is 2.50 bits per heavy atom. The molecule has 1 atom stereocenters. The van der Waals surface area contributed by atoms with Crippen molar-refractivity contribution in [3.8, 4) is 5.75 Å². The lowest BCUT2D eigenvalue weighted by molar-refractivity contribution is 0.216. The first-order valence-corrected chi connectivity index (χ1v) is 5.22. The van der Waals surface area contributed by atoms with E-state index in [1.54, 1.807) is 6.07 Å². The second-order valence-electron chi connectivity index (χ2n) is 3.19. The molecule has 1 saturated heterocycles. The second-order valence-corrected chi connectivity index (χ2v) is 4.05. The molecule has 0 aromatic carbocycles. The maximum Gasteiger partial charge on any atom is 0.227 e. The standard InChI is InChI=1S/C9H10BrFN2O/c10-8-3-7(4-13-9(8)11)14-5-6-1-2-12-6/h3-4,6,12H,1-2,5H2/t6-/m1/s1. The number of nitrogens with one attached hydrogen (secondary N) is 1. The van der Waals surface area contributed by atoms with Gasteiger partial charge >= 0.3 is 0 Å². The third kappa shape index (κ3) is 2.22. The van der Waals surface area contributed by atoms with Crippen LogP contribution in [0, 0.1) is 5.95 Å². The highest BCUT2D eigenvalue weighted by Crippen LogP contribution is 2.19. The summed E-state index contributed by atoms with van der Waals surface area (Å²) < 4.78 is 18.5. The van der Waals surface area contributed by atoms with Gasteiger partial charge in [0.2, 0.25) is 5.95 Å². The Balaban J connectivity index is 1.91. The molecule has 2 heterocycles. The summed E-state index contributed by atoms with van der Waals surface area (Å²) in [6.07, 6.45) is 2.52. The molecule has 76 valence electrons. The first-order valence-electron chi connectivity index (χ1n) is 4.43. The number of aromatic nitrogens is 1. The van der Waals surface area contributed by atoms with Crippen LogP contribution in [0.3, 0.4) is 0 Å². The van der Waals surface area contributed by atoms with Crippen LogP contribution in [0.25, 0.3) is 0 Å². The molecule has 14 heavy (non-hydrogen) atoms. The number of hydrogen-bond donors (Lipinski definition) is 1. The number of halogens is 2. The molecule has 0 unspecified atom stereocenters. The third-order valence-electron chi connectivity index (χ3n) is 2.15. The van der Waals surface area contributed by atoms with E-state index in [0.29, 0.717) is 22.9 Å². The van der Waals surface area contributed by atoms with Crippen molar-refractivity contribution in [2.75, 3.05) is 13.2 Å². The maximum atomic E-state index is 12.7. The van der Waals surface area contributed by atoms with Crippen LogP contribution in [-0.4, -0.2) is 24.2 Å². The molecule has 1 aromatic rings. The molecule has 0 spiro atoms. The summed E-state index contributed by atoms with van der Waals surface area (Å²) in [6, 6.07) is 2.01. The minimum Gasteiger partial charge on any atom is -0.490 e. The Labute approximate surface area is 89.8 Å². The van der Waals surface area contributed by atoms with Crippen LogP contribution in [0.4, 0.5) is 4.39 Å². The topological polar surface area (TPSA) is 34.1 Å². The van der Waals surface area contributed by atoms with Crippen molar-refractivity contribution in [1.29, 1.82) is 0 Å². The number of nitrogens with zero attached hydrogens (tertiary/aromatic N) is 1. The van der Waals surface area contributed by atoms with E-state index in [9.17, 15) is 4.39 Å². The summed E-state index contributed by atoms with van der Waals surface area (Å²) in [5, 5.41) is 3.21. The fraction of sp³-hybridized carbons (Fsp3) is 0.444. The van der Waals surface area contributed by atoms with Crippen LogP contribution in [0.1, 0.15) is 6.42 Å². The molecule has 0 amide bonds. The van der Waals surface area contributed by atoms with Crippen molar-refractivity contribution in [3.63, 3.8) is 0 Å². The highest BCUT2D eigenvalue weighted by atomic mass is 79.9. The fourth-order valence-corrected chi connectivity index (χ4v) is 1.50. The lowest BCUT2D eigenvalue weighted by atomic mass is 10.1. The number of ether oxygens (including phenoxy) is 1. The van der Waals surface area contributed by atoms with Gasteiger partial charge in [0.15, 0.2) is 0 Å². The molecule has 2 rings (SSSR count). The van der Waals surface area contributed by atoms with Gasteiger partial charge in [0.1, 0.15) is 12.4 Å². The summed E-state index contributed by atoms with van der Waals surface area (Å²) in [4.78, 5) is 3.54. The van der Waals surface area contributed by atoms with Crippen molar-refractivity contribution in [3.05, 3.63) is 22.7 Å². The van der Waals surface area contributed by atoms with Crippen LogP contribution >= 0.6 is 15.9 Å². The van der Waals surface area contributed by atoms with Crippen LogP contribution in [0.15, 0.2) is 16.7 Å². The number of hydrogen-bond acceptors (Lipinski definition) is 3. The zero-order chi connectivity index (χ0) is 9.97. The van der Waals surface area contributed by atoms with Gasteiger partial charge in [-0.1, -0.05) is 0 Å². The van der Waals surface area contributed by atoms with Crippen molar-refractivity contribution >= 4 is 15.9 Å². The molecule has 1 aliphatic rings. The van der Waals surface area contributed by atoms with Crippen LogP contribution < -0.4 is 10.1 Å². The van der Waals surface area contributed by atoms with Crippen LogP contribution in [0.5, 0.6) is 5.75 Å². The Bertz CT molecular complexity index is 331. The van der Waals surface area contributed by atoms with E-state index >= 15 is 0 Å². The Hall–Kier alpha value is -0.680. The molecule has 0 bridgehead atoms. The third-order valence-corrected chi connectivity index (χ3v) is 2.70. The van der Waals surface area contributed by atoms with Gasteiger partial charge in [0, 0.05) is 12.1 Å². The van der Waals surface area contributed by atoms with Gasteiger partial charge in [0.05, 0.1) is 10.7 Å². The van der Waals surface area contributed by atoms with E-state index in [0.717, 1.165) is 13.0 Å². The molecule has 1 N–H and O–H groups in total. The fourth-order valence-electron chi connectivity index (χ4n) is 1.17. The van der Waals surface area contributed by atoms with Gasteiger partial charge in [0.25, 0.3) is 0 Å². The van der Waals surface area contributed by atoms with Crippen molar-refractivity contribution < 1.29 is 9.13 Å². The normalized spacial score (nSPS) is 20.3. The van der Waals surface area contributed by atoms with E-state index in [4.69, 9.17) is 4.74 Å². The molecule has 0 aliphatic carbocycles. The predicted molar refractivity (Wildman–Crippen MR) is 53.8 cm³/mol. The minimum atomic E-state index is -0.515. The van der Waals surface area contributed by atoms with Gasteiger partial charge in [-0.2, -0.15) is 4.39 Å². The average molecular weight is 261 g/mol. The molecule has 0 saturated carbocycles. The second kappa shape index (κ2) is 4.23. The molecule has 1 fully saturated rings. The van der Waals surface area contributed by atoms with E-state index in [-0.39, 0.29) is 0 Å². The summed E-state index contributed by atoms with van der Waals surface area (Å²) >= 11 is 3.05. The minimum absolute atomic E-state index is 0.330. The first kappa shape index (κ1) is 9.86. The van der Waals surface area contributed by atoms with Gasteiger partial charge in [-0.15, -0.1) is 0 Å². The van der Waals surface area contributed by atoms with Gasteiger partial charge < -0.3 is 10.1 Å². The lowest BCUT2D eigenvalue weighted by Crippen LogP contribution is -2.46. The van der Waals surface area contributed by atoms with Crippen LogP contribution in [0.2, 0.25) is 0 Å². The Kier molecular flexibility index (Phi) is 2.98.